The highest BCUT2D eigenvalue weighted by molar-refractivity contribution is 14.1. The molecule has 3 heteroatoms. The summed E-state index contributed by atoms with van der Waals surface area (Å²) in [5, 5.41) is 0. The summed E-state index contributed by atoms with van der Waals surface area (Å²) >= 11 is 7.29. The van der Waals surface area contributed by atoms with Crippen LogP contribution in [0.15, 0.2) is 0 Å². The quantitative estimate of drug-likeness (QED) is 0.405. The molecular formula is C2H5ClIN. The van der Waals surface area contributed by atoms with Crippen LogP contribution in [0.5, 0.6) is 0 Å². The second kappa shape index (κ2) is 4.98. The minimum Gasteiger partial charge on any atom is -0.260 e. The van der Waals surface area contributed by atoms with Gasteiger partial charge >= 0.3 is 0 Å². The van der Waals surface area contributed by atoms with Crippen LogP contribution in [0.3, 0.4) is 0 Å². The zero-order valence-electron chi connectivity index (χ0n) is 2.67. The molecule has 0 aromatic heterocycles. The molecule has 1 N–H and O–H groups in total. The number of alkyl halides is 1. The highest BCUT2D eigenvalue weighted by Gasteiger charge is 1.68. The van der Waals surface area contributed by atoms with E-state index in [0.717, 1.165) is 6.54 Å². The van der Waals surface area contributed by atoms with Crippen LogP contribution in [-0.2, 0) is 0 Å². The normalized spacial score (nSPS) is 8.40. The van der Waals surface area contributed by atoms with Gasteiger partial charge in [-0.05, 0) is 0 Å². The Morgan fingerprint density at radius 1 is 1.80 bits per heavy atom. The number of rotatable bonds is 2. The van der Waals surface area contributed by atoms with Crippen LogP contribution >= 0.6 is 34.5 Å². The summed E-state index contributed by atoms with van der Waals surface area (Å²) in [5.74, 6) is 0.697. The highest BCUT2D eigenvalue weighted by atomic mass is 127. The third kappa shape index (κ3) is 4.98. The third-order valence-electron chi connectivity index (χ3n) is 0.189. The van der Waals surface area contributed by atoms with Gasteiger partial charge in [0.05, 0.1) is 0 Å². The fourth-order valence-electron chi connectivity index (χ4n) is 0.0357. The Hall–Kier alpha value is 0.980. The molecule has 1 nitrogen and oxygen atoms in total. The Kier molecular flexibility index (Phi) is 5.96. The van der Waals surface area contributed by atoms with E-state index in [1.807, 2.05) is 0 Å². The lowest BCUT2D eigenvalue weighted by molar-refractivity contribution is 1.08. The van der Waals surface area contributed by atoms with Gasteiger partial charge in [0, 0.05) is 35.3 Å². The smallest absolute Gasteiger partial charge is 0.0356 e. The molecule has 0 saturated carbocycles. The molecule has 0 aromatic rings. The van der Waals surface area contributed by atoms with Crippen molar-refractivity contribution >= 4 is 34.5 Å². The molecule has 0 spiro atoms. The van der Waals surface area contributed by atoms with E-state index in [1.54, 1.807) is 0 Å². The van der Waals surface area contributed by atoms with Crippen molar-refractivity contribution in [1.82, 2.24) is 3.53 Å². The Balaban J connectivity index is 2.19. The first-order valence-electron chi connectivity index (χ1n) is 1.31. The van der Waals surface area contributed by atoms with Crippen molar-refractivity contribution in [3.63, 3.8) is 0 Å². The maximum Gasteiger partial charge on any atom is 0.0356 e. The SMILES string of the molecule is ClCCNI. The van der Waals surface area contributed by atoms with Gasteiger partial charge in [0.15, 0.2) is 0 Å². The van der Waals surface area contributed by atoms with E-state index in [4.69, 9.17) is 11.6 Å². The topological polar surface area (TPSA) is 12.0 Å². The van der Waals surface area contributed by atoms with Gasteiger partial charge in [-0.1, -0.05) is 0 Å². The van der Waals surface area contributed by atoms with Crippen LogP contribution in [0, 0.1) is 0 Å². The molecule has 0 aromatic carbocycles. The minimum absolute atomic E-state index is 0.697. The van der Waals surface area contributed by atoms with Gasteiger partial charge in [0.2, 0.25) is 0 Å². The molecule has 5 heavy (non-hydrogen) atoms. The summed E-state index contributed by atoms with van der Waals surface area (Å²) in [5.41, 5.74) is 0. The van der Waals surface area contributed by atoms with Gasteiger partial charge in [-0.2, -0.15) is 0 Å². The lowest BCUT2D eigenvalue weighted by atomic mass is 10.8. The molecule has 32 valence electrons. The average molecular weight is 205 g/mol. The Labute approximate surface area is 50.6 Å². The monoisotopic (exact) mass is 205 g/mol. The van der Waals surface area contributed by atoms with Crippen LogP contribution in [0.1, 0.15) is 0 Å². The lowest BCUT2D eigenvalue weighted by Crippen LogP contribution is -1.99. The molecule has 0 aliphatic heterocycles. The summed E-state index contributed by atoms with van der Waals surface area (Å²) in [4.78, 5) is 0. The van der Waals surface area contributed by atoms with E-state index in [-0.39, 0.29) is 0 Å². The van der Waals surface area contributed by atoms with Crippen molar-refractivity contribution < 1.29 is 0 Å². The summed E-state index contributed by atoms with van der Waals surface area (Å²) < 4.78 is 2.86. The summed E-state index contributed by atoms with van der Waals surface area (Å²) in [6.45, 7) is 0.891. The first-order chi connectivity index (χ1) is 2.41. The molecule has 0 aliphatic carbocycles. The molecule has 0 radical (unpaired) electrons. The van der Waals surface area contributed by atoms with E-state index >= 15 is 0 Å². The predicted molar refractivity (Wildman–Crippen MR) is 32.7 cm³/mol. The Bertz CT molecular complexity index is 17.1. The van der Waals surface area contributed by atoms with Crippen LogP contribution in [0.2, 0.25) is 0 Å². The second-order valence-electron chi connectivity index (χ2n) is 0.573. The number of nitrogens with one attached hydrogen (secondary N) is 1. The minimum atomic E-state index is 0.697. The second-order valence-corrected chi connectivity index (χ2v) is 1.71. The van der Waals surface area contributed by atoms with E-state index < -0.39 is 0 Å². The predicted octanol–water partition coefficient (Wildman–Crippen LogP) is 1.16. The number of halogens is 2. The molecule has 0 unspecified atom stereocenters. The van der Waals surface area contributed by atoms with Gasteiger partial charge in [-0.25, -0.2) is 0 Å². The molecule has 0 bridgehead atoms. The highest BCUT2D eigenvalue weighted by Crippen LogP contribution is 1.71. The van der Waals surface area contributed by atoms with Crippen LogP contribution < -0.4 is 3.53 Å². The van der Waals surface area contributed by atoms with E-state index in [2.05, 4.69) is 26.4 Å². The Morgan fingerprint density at radius 2 is 2.40 bits per heavy atom. The molecule has 0 saturated heterocycles. The number of hydrogen-bond acceptors (Lipinski definition) is 1. The zero-order chi connectivity index (χ0) is 4.12. The first kappa shape index (κ1) is 5.98. The summed E-state index contributed by atoms with van der Waals surface area (Å²) in [6.07, 6.45) is 0. The molecular weight excluding hydrogens is 200 g/mol. The van der Waals surface area contributed by atoms with Crippen molar-refractivity contribution in [3.8, 4) is 0 Å². The third-order valence-corrected chi connectivity index (χ3v) is 0.917. The maximum absolute atomic E-state index is 5.23. The summed E-state index contributed by atoms with van der Waals surface area (Å²) in [7, 11) is 0. The van der Waals surface area contributed by atoms with Gasteiger partial charge in [0.1, 0.15) is 0 Å². The van der Waals surface area contributed by atoms with Gasteiger partial charge in [-0.3, -0.25) is 3.53 Å². The first-order valence-corrected chi connectivity index (χ1v) is 2.92. The fraction of sp³-hybridized carbons (Fsp3) is 1.00. The zero-order valence-corrected chi connectivity index (χ0v) is 5.58. The van der Waals surface area contributed by atoms with Crippen LogP contribution in [0.4, 0.5) is 0 Å². The molecule has 0 amide bonds. The van der Waals surface area contributed by atoms with E-state index in [9.17, 15) is 0 Å². The van der Waals surface area contributed by atoms with Crippen molar-refractivity contribution in [1.29, 1.82) is 0 Å². The van der Waals surface area contributed by atoms with Crippen molar-refractivity contribution in [2.45, 2.75) is 0 Å². The lowest BCUT2D eigenvalue weighted by Gasteiger charge is -1.80. The van der Waals surface area contributed by atoms with E-state index in [1.165, 1.54) is 0 Å². The largest absolute Gasteiger partial charge is 0.260 e. The van der Waals surface area contributed by atoms with Gasteiger partial charge in [-0.15, -0.1) is 11.6 Å². The van der Waals surface area contributed by atoms with Crippen LogP contribution in [0.25, 0.3) is 0 Å². The van der Waals surface area contributed by atoms with Crippen molar-refractivity contribution in [2.75, 3.05) is 12.4 Å². The van der Waals surface area contributed by atoms with Crippen molar-refractivity contribution in [3.05, 3.63) is 0 Å². The summed E-state index contributed by atoms with van der Waals surface area (Å²) in [6, 6.07) is 0. The standard InChI is InChI=1S/C2H5ClIN/c3-1-2-5-4/h5H,1-2H2. The molecule has 0 heterocycles. The molecule has 0 aliphatic rings. The average Bonchev–Trinajstić information content (AvgIpc) is 1.41. The van der Waals surface area contributed by atoms with E-state index in [0.29, 0.717) is 5.88 Å². The fourth-order valence-corrected chi connectivity index (χ4v) is 0.719. The molecule has 0 atom stereocenters. The van der Waals surface area contributed by atoms with Crippen molar-refractivity contribution in [2.24, 2.45) is 0 Å². The maximum atomic E-state index is 5.23. The Morgan fingerprint density at radius 3 is 2.40 bits per heavy atom. The number of hydrogen-bond donors (Lipinski definition) is 1. The van der Waals surface area contributed by atoms with Gasteiger partial charge in [0.25, 0.3) is 0 Å². The molecule has 0 rings (SSSR count). The molecule has 0 fully saturated rings. The van der Waals surface area contributed by atoms with Crippen LogP contribution in [-0.4, -0.2) is 12.4 Å². The van der Waals surface area contributed by atoms with Gasteiger partial charge < -0.3 is 0 Å².